The Kier molecular flexibility index (Phi) is 5.80. The largest absolute Gasteiger partial charge is 0.497 e. The molecule has 5 rings (SSSR count). The van der Waals surface area contributed by atoms with Crippen molar-refractivity contribution in [1.82, 2.24) is 5.16 Å². The molecule has 0 radical (unpaired) electrons. The molecule has 1 aliphatic heterocycles. The van der Waals surface area contributed by atoms with Crippen molar-refractivity contribution in [2.45, 2.75) is 6.61 Å². The number of aromatic nitrogens is 1. The van der Waals surface area contributed by atoms with E-state index in [4.69, 9.17) is 25.6 Å². The van der Waals surface area contributed by atoms with Crippen molar-refractivity contribution in [3.05, 3.63) is 100 Å². The van der Waals surface area contributed by atoms with Crippen LogP contribution in [0, 0.1) is 0 Å². The lowest BCUT2D eigenvalue weighted by Gasteiger charge is -2.15. The number of methoxy groups -OCH3 is 1. The SMILES string of the molecule is COc1ccc(-c2cc(COC(=O)c3ccc4c(c3)C(=O)N(c3ccccc3Cl)C4=O)on2)cc1. The summed E-state index contributed by atoms with van der Waals surface area (Å²) in [6.45, 7) is -0.155. The number of carbonyl (C=O) groups is 3. The van der Waals surface area contributed by atoms with Gasteiger partial charge >= 0.3 is 5.97 Å². The van der Waals surface area contributed by atoms with Gasteiger partial charge in [0.1, 0.15) is 11.4 Å². The summed E-state index contributed by atoms with van der Waals surface area (Å²) in [5.74, 6) is -0.679. The first-order chi connectivity index (χ1) is 17.0. The van der Waals surface area contributed by atoms with E-state index in [1.54, 1.807) is 49.6 Å². The van der Waals surface area contributed by atoms with Gasteiger partial charge in [0.25, 0.3) is 11.8 Å². The number of anilines is 1. The molecule has 0 aliphatic carbocycles. The fourth-order valence-electron chi connectivity index (χ4n) is 3.72. The Labute approximate surface area is 204 Å². The molecule has 0 saturated heterocycles. The van der Waals surface area contributed by atoms with Crippen LogP contribution in [0.3, 0.4) is 0 Å². The second-order valence-electron chi connectivity index (χ2n) is 7.64. The molecule has 4 aromatic rings. The van der Waals surface area contributed by atoms with Crippen LogP contribution in [0.4, 0.5) is 5.69 Å². The lowest BCUT2D eigenvalue weighted by atomic mass is 10.1. The van der Waals surface area contributed by atoms with Crippen LogP contribution < -0.4 is 9.64 Å². The third-order valence-electron chi connectivity index (χ3n) is 5.51. The highest BCUT2D eigenvalue weighted by Crippen LogP contribution is 2.33. The van der Waals surface area contributed by atoms with Gasteiger partial charge < -0.3 is 14.0 Å². The molecular weight excluding hydrogens is 472 g/mol. The van der Waals surface area contributed by atoms with Crippen molar-refractivity contribution >= 4 is 35.1 Å². The molecule has 8 nitrogen and oxygen atoms in total. The predicted molar refractivity (Wildman–Crippen MR) is 127 cm³/mol. The third-order valence-corrected chi connectivity index (χ3v) is 5.83. The highest BCUT2D eigenvalue weighted by molar-refractivity contribution is 6.39. The Morgan fingerprint density at radius 3 is 2.46 bits per heavy atom. The van der Waals surface area contributed by atoms with Gasteiger partial charge in [-0.05, 0) is 54.6 Å². The van der Waals surface area contributed by atoms with Crippen LogP contribution >= 0.6 is 11.6 Å². The van der Waals surface area contributed by atoms with Crippen molar-refractivity contribution in [2.75, 3.05) is 12.0 Å². The Morgan fingerprint density at radius 1 is 0.971 bits per heavy atom. The number of fused-ring (bicyclic) bond motifs is 1. The molecule has 0 unspecified atom stereocenters. The zero-order chi connectivity index (χ0) is 24.5. The summed E-state index contributed by atoms with van der Waals surface area (Å²) in [4.78, 5) is 39.4. The third kappa shape index (κ3) is 4.15. The lowest BCUT2D eigenvalue weighted by Crippen LogP contribution is -2.29. The number of para-hydroxylation sites is 1. The second-order valence-corrected chi connectivity index (χ2v) is 8.05. The van der Waals surface area contributed by atoms with Crippen LogP contribution in [0.1, 0.15) is 36.8 Å². The van der Waals surface area contributed by atoms with E-state index in [0.29, 0.717) is 11.5 Å². The topological polar surface area (TPSA) is 98.9 Å². The van der Waals surface area contributed by atoms with Crippen molar-refractivity contribution < 1.29 is 28.4 Å². The molecule has 1 aliphatic rings. The standard InChI is InChI=1S/C26H17ClN2O6/c1-33-17-9-6-15(7-10-17)22-13-18(35-28-22)14-34-26(32)16-8-11-19-20(12-16)25(31)29(24(19)30)23-5-3-2-4-21(23)27/h2-13H,14H2,1H3. The maximum atomic E-state index is 13.0. The summed E-state index contributed by atoms with van der Waals surface area (Å²) in [7, 11) is 1.58. The van der Waals surface area contributed by atoms with E-state index in [0.717, 1.165) is 16.2 Å². The van der Waals surface area contributed by atoms with Gasteiger partial charge in [-0.15, -0.1) is 0 Å². The van der Waals surface area contributed by atoms with Crippen LogP contribution in [0.25, 0.3) is 11.3 Å². The van der Waals surface area contributed by atoms with Crippen molar-refractivity contribution in [3.8, 4) is 17.0 Å². The van der Waals surface area contributed by atoms with E-state index < -0.39 is 17.8 Å². The minimum absolute atomic E-state index is 0.103. The Bertz CT molecular complexity index is 1460. The van der Waals surface area contributed by atoms with E-state index in [9.17, 15) is 14.4 Å². The molecule has 0 spiro atoms. The number of amides is 2. The minimum Gasteiger partial charge on any atom is -0.497 e. The number of hydrogen-bond acceptors (Lipinski definition) is 7. The lowest BCUT2D eigenvalue weighted by molar-refractivity contribution is 0.0437. The van der Waals surface area contributed by atoms with Crippen molar-refractivity contribution in [2.24, 2.45) is 0 Å². The molecule has 0 N–H and O–H groups in total. The number of benzene rings is 3. The van der Waals surface area contributed by atoms with E-state index in [-0.39, 0.29) is 34.0 Å². The quantitative estimate of drug-likeness (QED) is 0.273. The van der Waals surface area contributed by atoms with Gasteiger partial charge in [-0.2, -0.15) is 0 Å². The van der Waals surface area contributed by atoms with Gasteiger partial charge in [-0.25, -0.2) is 9.69 Å². The monoisotopic (exact) mass is 488 g/mol. The molecular formula is C26H17ClN2O6. The van der Waals surface area contributed by atoms with Crippen molar-refractivity contribution in [3.63, 3.8) is 0 Å². The summed E-state index contributed by atoms with van der Waals surface area (Å²) in [6.07, 6.45) is 0. The smallest absolute Gasteiger partial charge is 0.338 e. The zero-order valence-electron chi connectivity index (χ0n) is 18.4. The average molecular weight is 489 g/mol. The normalized spacial score (nSPS) is 12.6. The van der Waals surface area contributed by atoms with Crippen LogP contribution in [-0.4, -0.2) is 30.1 Å². The number of esters is 1. The number of nitrogens with zero attached hydrogens (tertiary/aromatic N) is 2. The summed E-state index contributed by atoms with van der Waals surface area (Å²) in [6, 6.07) is 19.7. The van der Waals surface area contributed by atoms with Gasteiger partial charge in [-0.1, -0.05) is 28.9 Å². The fourth-order valence-corrected chi connectivity index (χ4v) is 3.94. The second kappa shape index (κ2) is 9.08. The summed E-state index contributed by atoms with van der Waals surface area (Å²) < 4.78 is 15.7. The number of hydrogen-bond donors (Lipinski definition) is 0. The number of halogens is 1. The summed E-state index contributed by atoms with van der Waals surface area (Å²) >= 11 is 6.17. The molecule has 0 fully saturated rings. The number of rotatable bonds is 6. The first-order valence-electron chi connectivity index (χ1n) is 10.5. The fraction of sp³-hybridized carbons (Fsp3) is 0.0769. The molecule has 0 saturated carbocycles. The first kappa shape index (κ1) is 22.4. The van der Waals surface area contributed by atoms with Gasteiger partial charge in [0, 0.05) is 11.6 Å². The van der Waals surface area contributed by atoms with E-state index >= 15 is 0 Å². The van der Waals surface area contributed by atoms with Crippen LogP contribution in [0.5, 0.6) is 5.75 Å². The first-order valence-corrected chi connectivity index (χ1v) is 10.9. The minimum atomic E-state index is -0.674. The van der Waals surface area contributed by atoms with Crippen molar-refractivity contribution in [1.29, 1.82) is 0 Å². The van der Waals surface area contributed by atoms with E-state index in [2.05, 4.69) is 5.16 Å². The van der Waals surface area contributed by atoms with E-state index in [1.165, 1.54) is 18.2 Å². The van der Waals surface area contributed by atoms with Crippen LogP contribution in [0.15, 0.2) is 77.3 Å². The maximum Gasteiger partial charge on any atom is 0.338 e. The average Bonchev–Trinajstić information content (AvgIpc) is 3.46. The Hall–Kier alpha value is -4.43. The molecule has 0 atom stereocenters. The highest BCUT2D eigenvalue weighted by Gasteiger charge is 2.38. The molecule has 2 heterocycles. The molecule has 174 valence electrons. The van der Waals surface area contributed by atoms with Gasteiger partial charge in [0.2, 0.25) is 0 Å². The van der Waals surface area contributed by atoms with Crippen LogP contribution in [0.2, 0.25) is 5.02 Å². The predicted octanol–water partition coefficient (Wildman–Crippen LogP) is 5.16. The molecule has 1 aromatic heterocycles. The van der Waals surface area contributed by atoms with Crippen LogP contribution in [-0.2, 0) is 11.3 Å². The highest BCUT2D eigenvalue weighted by atomic mass is 35.5. The van der Waals surface area contributed by atoms with E-state index in [1.807, 2.05) is 12.1 Å². The molecule has 2 amide bonds. The Morgan fingerprint density at radius 2 is 1.71 bits per heavy atom. The molecule has 0 bridgehead atoms. The number of carbonyl (C=O) groups excluding carboxylic acids is 3. The molecule has 3 aromatic carbocycles. The summed E-state index contributed by atoms with van der Waals surface area (Å²) in [5, 5.41) is 4.26. The van der Waals surface area contributed by atoms with Gasteiger partial charge in [-0.3, -0.25) is 9.59 Å². The zero-order valence-corrected chi connectivity index (χ0v) is 19.1. The maximum absolute atomic E-state index is 13.0. The number of ether oxygens (including phenoxy) is 2. The number of imide groups is 1. The van der Waals surface area contributed by atoms with Gasteiger partial charge in [0.05, 0.1) is 34.5 Å². The molecule has 35 heavy (non-hydrogen) atoms. The van der Waals surface area contributed by atoms with Gasteiger partial charge in [0.15, 0.2) is 12.4 Å². The summed E-state index contributed by atoms with van der Waals surface area (Å²) in [5.41, 5.74) is 2.09. The molecule has 9 heteroatoms. The Balaban J connectivity index is 1.29.